The van der Waals surface area contributed by atoms with Gasteiger partial charge in [-0.1, -0.05) is 22.9 Å². The van der Waals surface area contributed by atoms with Gasteiger partial charge in [0.25, 0.3) is 10.0 Å². The molecule has 2 fully saturated rings. The molecule has 2 saturated heterocycles. The maximum absolute atomic E-state index is 12.7. The summed E-state index contributed by atoms with van der Waals surface area (Å²) in [6.45, 7) is 2.52. The van der Waals surface area contributed by atoms with E-state index >= 15 is 0 Å². The van der Waals surface area contributed by atoms with Crippen LogP contribution in [0.2, 0.25) is 4.47 Å². The Morgan fingerprint density at radius 3 is 2.86 bits per heavy atom. The van der Waals surface area contributed by atoms with Gasteiger partial charge in [-0.3, -0.25) is 4.79 Å². The molecule has 116 valence electrons. The minimum absolute atomic E-state index is 0.0673. The number of carbonyl (C=O) groups excluding carboxylic acids is 1. The highest BCUT2D eigenvalue weighted by Gasteiger charge is 2.39. The molecule has 1 aromatic rings. The summed E-state index contributed by atoms with van der Waals surface area (Å²) in [5.74, 6) is 0.257. The summed E-state index contributed by atoms with van der Waals surface area (Å²) in [4.78, 5) is 15.4. The average molecular weight is 350 g/mol. The molecule has 3 heterocycles. The van der Waals surface area contributed by atoms with Gasteiger partial charge in [-0.2, -0.15) is 4.31 Å². The van der Waals surface area contributed by atoms with Crippen LogP contribution in [0.15, 0.2) is 4.21 Å². The summed E-state index contributed by atoms with van der Waals surface area (Å²) in [7, 11) is -3.54. The second kappa shape index (κ2) is 5.49. The quantitative estimate of drug-likeness (QED) is 0.875. The molecule has 3 rings (SSSR count). The number of nitrogens with one attached hydrogen (secondary N) is 1. The predicted octanol–water partition coefficient (Wildman–Crippen LogP) is 1.39. The Balaban J connectivity index is 1.82. The Morgan fingerprint density at radius 1 is 1.43 bits per heavy atom. The Bertz CT molecular complexity index is 673. The van der Waals surface area contributed by atoms with Crippen molar-refractivity contribution in [3.63, 3.8) is 0 Å². The van der Waals surface area contributed by atoms with E-state index in [9.17, 15) is 13.2 Å². The number of hydrogen-bond donors (Lipinski definition) is 1. The summed E-state index contributed by atoms with van der Waals surface area (Å²) < 4.78 is 27.4. The minimum Gasteiger partial charge on any atom is -0.353 e. The van der Waals surface area contributed by atoms with Crippen molar-refractivity contribution in [2.45, 2.75) is 36.4 Å². The summed E-state index contributed by atoms with van der Waals surface area (Å²) in [5.41, 5.74) is 0.448. The average Bonchev–Trinajstić information content (AvgIpc) is 2.77. The monoisotopic (exact) mass is 349 g/mol. The van der Waals surface area contributed by atoms with Gasteiger partial charge in [0.1, 0.15) is 0 Å². The third-order valence-corrected chi connectivity index (χ3v) is 7.80. The van der Waals surface area contributed by atoms with Crippen molar-refractivity contribution in [2.24, 2.45) is 5.92 Å². The number of fused-ring (bicyclic) bond motifs is 1. The first-order valence-electron chi connectivity index (χ1n) is 6.80. The van der Waals surface area contributed by atoms with E-state index in [1.165, 1.54) is 4.31 Å². The maximum atomic E-state index is 12.7. The van der Waals surface area contributed by atoms with Gasteiger partial charge in [-0.25, -0.2) is 13.4 Å². The minimum atomic E-state index is -3.54. The summed E-state index contributed by atoms with van der Waals surface area (Å²) >= 11 is 6.81. The molecule has 0 aromatic carbocycles. The third kappa shape index (κ3) is 2.81. The third-order valence-electron chi connectivity index (χ3n) is 4.09. The normalized spacial score (nSPS) is 27.2. The van der Waals surface area contributed by atoms with E-state index in [-0.39, 0.29) is 26.5 Å². The van der Waals surface area contributed by atoms with Crippen molar-refractivity contribution in [3.05, 3.63) is 10.2 Å². The maximum Gasteiger partial charge on any atom is 0.254 e. The molecular formula is C12H16ClN3O3S2. The van der Waals surface area contributed by atoms with Gasteiger partial charge in [0.05, 0.1) is 5.69 Å². The topological polar surface area (TPSA) is 79.4 Å². The Morgan fingerprint density at radius 2 is 2.19 bits per heavy atom. The number of carbonyl (C=O) groups is 1. The summed E-state index contributed by atoms with van der Waals surface area (Å²) in [6.07, 6.45) is 1.87. The van der Waals surface area contributed by atoms with Crippen LogP contribution < -0.4 is 5.32 Å². The number of rotatable bonds is 2. The molecule has 0 bridgehead atoms. The molecule has 1 amide bonds. The van der Waals surface area contributed by atoms with E-state index in [0.29, 0.717) is 31.6 Å². The molecule has 2 unspecified atom stereocenters. The molecule has 0 saturated carbocycles. The Kier molecular flexibility index (Phi) is 3.98. The molecule has 9 heteroatoms. The highest BCUT2D eigenvalue weighted by Crippen LogP contribution is 2.33. The Labute approximate surface area is 132 Å². The van der Waals surface area contributed by atoms with Gasteiger partial charge >= 0.3 is 0 Å². The second-order valence-corrected chi connectivity index (χ2v) is 9.18. The largest absolute Gasteiger partial charge is 0.353 e. The van der Waals surface area contributed by atoms with Crippen molar-refractivity contribution in [1.29, 1.82) is 0 Å². The van der Waals surface area contributed by atoms with Gasteiger partial charge < -0.3 is 5.32 Å². The van der Waals surface area contributed by atoms with Gasteiger partial charge in [-0.05, 0) is 25.7 Å². The van der Waals surface area contributed by atoms with Crippen molar-refractivity contribution in [2.75, 3.05) is 13.1 Å². The second-order valence-electron chi connectivity index (χ2n) is 5.46. The fourth-order valence-corrected chi connectivity index (χ4v) is 6.39. The summed E-state index contributed by atoms with van der Waals surface area (Å²) in [6, 6.07) is 0.101. The fourth-order valence-electron chi connectivity index (χ4n) is 3.00. The van der Waals surface area contributed by atoms with Crippen LogP contribution in [0, 0.1) is 12.8 Å². The molecule has 1 aromatic heterocycles. The fraction of sp³-hybridized carbons (Fsp3) is 0.667. The van der Waals surface area contributed by atoms with E-state index < -0.39 is 10.0 Å². The molecule has 1 N–H and O–H groups in total. The lowest BCUT2D eigenvalue weighted by Crippen LogP contribution is -2.54. The first-order valence-corrected chi connectivity index (χ1v) is 9.44. The lowest BCUT2D eigenvalue weighted by Gasteiger charge is -2.40. The van der Waals surface area contributed by atoms with Crippen molar-refractivity contribution >= 4 is 38.9 Å². The van der Waals surface area contributed by atoms with Gasteiger partial charge in [0.2, 0.25) is 5.91 Å². The van der Waals surface area contributed by atoms with Crippen LogP contribution in [0.1, 0.15) is 25.0 Å². The predicted molar refractivity (Wildman–Crippen MR) is 79.9 cm³/mol. The highest BCUT2D eigenvalue weighted by atomic mass is 35.5. The first-order chi connectivity index (χ1) is 9.88. The molecule has 0 spiro atoms. The number of sulfonamides is 1. The molecule has 0 aliphatic carbocycles. The van der Waals surface area contributed by atoms with Crippen LogP contribution in [0.5, 0.6) is 0 Å². The number of hydrogen-bond acceptors (Lipinski definition) is 5. The van der Waals surface area contributed by atoms with Crippen molar-refractivity contribution < 1.29 is 13.2 Å². The molecule has 2 aliphatic rings. The lowest BCUT2D eigenvalue weighted by atomic mass is 9.86. The summed E-state index contributed by atoms with van der Waals surface area (Å²) in [5, 5.41) is 2.95. The lowest BCUT2D eigenvalue weighted by molar-refractivity contribution is -0.124. The van der Waals surface area contributed by atoms with Gasteiger partial charge in [0, 0.05) is 25.6 Å². The number of nitrogens with zero attached hydrogens (tertiary/aromatic N) is 2. The first kappa shape index (κ1) is 15.2. The van der Waals surface area contributed by atoms with Crippen molar-refractivity contribution in [3.8, 4) is 0 Å². The zero-order chi connectivity index (χ0) is 15.2. The van der Waals surface area contributed by atoms with E-state index in [1.807, 2.05) is 0 Å². The number of piperidine rings is 2. The molecule has 2 aliphatic heterocycles. The van der Waals surface area contributed by atoms with Crippen LogP contribution in [-0.2, 0) is 14.8 Å². The van der Waals surface area contributed by atoms with Crippen molar-refractivity contribution in [1.82, 2.24) is 14.6 Å². The highest BCUT2D eigenvalue weighted by molar-refractivity contribution is 7.91. The van der Waals surface area contributed by atoms with Crippen LogP contribution in [0.25, 0.3) is 0 Å². The van der Waals surface area contributed by atoms with Gasteiger partial charge in [-0.15, -0.1) is 0 Å². The zero-order valence-corrected chi connectivity index (χ0v) is 13.9. The Hall–Kier alpha value is -0.700. The molecule has 6 nitrogen and oxygen atoms in total. The van der Waals surface area contributed by atoms with Crippen LogP contribution in [0.4, 0.5) is 0 Å². The smallest absolute Gasteiger partial charge is 0.254 e. The number of amides is 1. The van der Waals surface area contributed by atoms with Crippen LogP contribution in [-0.4, -0.2) is 42.7 Å². The number of thiazole rings is 1. The van der Waals surface area contributed by atoms with E-state index in [2.05, 4.69) is 10.3 Å². The van der Waals surface area contributed by atoms with Crippen LogP contribution >= 0.6 is 22.9 Å². The van der Waals surface area contributed by atoms with E-state index in [0.717, 1.165) is 17.8 Å². The number of aromatic nitrogens is 1. The molecular weight excluding hydrogens is 334 g/mol. The molecule has 21 heavy (non-hydrogen) atoms. The zero-order valence-electron chi connectivity index (χ0n) is 11.5. The molecule has 2 atom stereocenters. The van der Waals surface area contributed by atoms with E-state index in [4.69, 9.17) is 11.6 Å². The standard InChI is InChI=1S/C12H16ClN3O3S2/c1-7-11(20-12(13)14-7)21(18,19)16-5-4-9-8(6-16)2-3-10(17)15-9/h8-9H,2-6H2,1H3,(H,15,17). The van der Waals surface area contributed by atoms with E-state index in [1.54, 1.807) is 6.92 Å². The molecule has 0 radical (unpaired) electrons. The SMILES string of the molecule is Cc1nc(Cl)sc1S(=O)(=O)N1CCC2NC(=O)CCC2C1. The van der Waals surface area contributed by atoms with Crippen LogP contribution in [0.3, 0.4) is 0 Å². The number of halogens is 1. The van der Waals surface area contributed by atoms with Gasteiger partial charge in [0.15, 0.2) is 8.68 Å². The number of aryl methyl sites for hydroxylation is 1.